The fourth-order valence-electron chi connectivity index (χ4n) is 2.04. The number of amides is 1. The first kappa shape index (κ1) is 15.3. The molecule has 1 rings (SSSR count). The zero-order chi connectivity index (χ0) is 13.9. The minimum absolute atomic E-state index is 0.102. The fourth-order valence-corrected chi connectivity index (χ4v) is 2.61. The molecular formula is C14H19Cl2NO. The number of carbonyl (C=O) groups is 1. The summed E-state index contributed by atoms with van der Waals surface area (Å²) in [5.74, 6) is 0.503. The van der Waals surface area contributed by atoms with E-state index in [1.807, 2.05) is 0 Å². The predicted octanol–water partition coefficient (Wildman–Crippen LogP) is 4.40. The summed E-state index contributed by atoms with van der Waals surface area (Å²) in [6.45, 7) is 8.33. The van der Waals surface area contributed by atoms with Crippen molar-refractivity contribution in [1.29, 1.82) is 0 Å². The van der Waals surface area contributed by atoms with Crippen molar-refractivity contribution in [2.24, 2.45) is 11.8 Å². The van der Waals surface area contributed by atoms with Crippen LogP contribution in [0, 0.1) is 11.8 Å². The van der Waals surface area contributed by atoms with E-state index in [-0.39, 0.29) is 11.9 Å². The van der Waals surface area contributed by atoms with Gasteiger partial charge in [0.2, 0.25) is 0 Å². The maximum absolute atomic E-state index is 12.2. The third-order valence-corrected chi connectivity index (χ3v) is 3.55. The van der Waals surface area contributed by atoms with Crippen molar-refractivity contribution >= 4 is 29.1 Å². The summed E-state index contributed by atoms with van der Waals surface area (Å²) < 4.78 is 0. The fraction of sp³-hybridized carbons (Fsp3) is 0.500. The Morgan fingerprint density at radius 3 is 1.89 bits per heavy atom. The Bertz CT molecular complexity index is 402. The Balaban J connectivity index is 2.94. The highest BCUT2D eigenvalue weighted by molar-refractivity contribution is 6.39. The number of hydrogen-bond donors (Lipinski definition) is 1. The summed E-state index contributed by atoms with van der Waals surface area (Å²) >= 11 is 12.0. The van der Waals surface area contributed by atoms with Crippen LogP contribution in [-0.2, 0) is 0 Å². The lowest BCUT2D eigenvalue weighted by Crippen LogP contribution is -2.42. The summed E-state index contributed by atoms with van der Waals surface area (Å²) in [5.41, 5.74) is 0.354. The minimum Gasteiger partial charge on any atom is -0.349 e. The van der Waals surface area contributed by atoms with Gasteiger partial charge >= 0.3 is 0 Å². The highest BCUT2D eigenvalue weighted by Crippen LogP contribution is 2.24. The topological polar surface area (TPSA) is 29.1 Å². The molecule has 1 aromatic carbocycles. The van der Waals surface area contributed by atoms with Crippen LogP contribution in [0.2, 0.25) is 10.0 Å². The van der Waals surface area contributed by atoms with Crippen molar-refractivity contribution in [2.75, 3.05) is 0 Å². The Morgan fingerprint density at radius 1 is 1.06 bits per heavy atom. The van der Waals surface area contributed by atoms with E-state index in [1.54, 1.807) is 18.2 Å². The maximum Gasteiger partial charge on any atom is 0.254 e. The molecule has 0 unspecified atom stereocenters. The van der Waals surface area contributed by atoms with Crippen molar-refractivity contribution in [1.82, 2.24) is 5.32 Å². The smallest absolute Gasteiger partial charge is 0.254 e. The van der Waals surface area contributed by atoms with Gasteiger partial charge in [-0.3, -0.25) is 4.79 Å². The highest BCUT2D eigenvalue weighted by atomic mass is 35.5. The van der Waals surface area contributed by atoms with Crippen molar-refractivity contribution in [2.45, 2.75) is 33.7 Å². The second-order valence-corrected chi connectivity index (χ2v) is 5.90. The zero-order valence-electron chi connectivity index (χ0n) is 11.1. The van der Waals surface area contributed by atoms with Crippen molar-refractivity contribution < 1.29 is 4.79 Å². The van der Waals surface area contributed by atoms with Crippen LogP contribution in [0.15, 0.2) is 18.2 Å². The molecule has 0 aliphatic carbocycles. The summed E-state index contributed by atoms with van der Waals surface area (Å²) in [6.07, 6.45) is 0. The lowest BCUT2D eigenvalue weighted by Gasteiger charge is -2.26. The zero-order valence-corrected chi connectivity index (χ0v) is 12.6. The van der Waals surface area contributed by atoms with E-state index in [0.717, 1.165) is 0 Å². The van der Waals surface area contributed by atoms with Crippen molar-refractivity contribution in [3.63, 3.8) is 0 Å². The van der Waals surface area contributed by atoms with Gasteiger partial charge in [-0.15, -0.1) is 0 Å². The molecule has 0 aromatic heterocycles. The van der Waals surface area contributed by atoms with Gasteiger partial charge in [0, 0.05) is 6.04 Å². The molecule has 100 valence electrons. The average Bonchev–Trinajstić information content (AvgIpc) is 2.24. The van der Waals surface area contributed by atoms with Crippen LogP contribution in [-0.4, -0.2) is 11.9 Å². The van der Waals surface area contributed by atoms with E-state index >= 15 is 0 Å². The van der Waals surface area contributed by atoms with E-state index in [2.05, 4.69) is 33.0 Å². The van der Waals surface area contributed by atoms with Crippen molar-refractivity contribution in [3.8, 4) is 0 Å². The van der Waals surface area contributed by atoms with Gasteiger partial charge in [-0.2, -0.15) is 0 Å². The molecule has 0 aliphatic rings. The van der Waals surface area contributed by atoms with E-state index in [4.69, 9.17) is 23.2 Å². The van der Waals surface area contributed by atoms with Crippen molar-refractivity contribution in [3.05, 3.63) is 33.8 Å². The predicted molar refractivity (Wildman–Crippen MR) is 77.4 cm³/mol. The van der Waals surface area contributed by atoms with E-state index in [1.165, 1.54) is 0 Å². The molecule has 1 aromatic rings. The van der Waals surface area contributed by atoms with Gasteiger partial charge in [0.15, 0.2) is 0 Å². The van der Waals surface area contributed by atoms with Crippen LogP contribution in [0.3, 0.4) is 0 Å². The Kier molecular flexibility index (Phi) is 5.48. The largest absolute Gasteiger partial charge is 0.349 e. The van der Waals surface area contributed by atoms with Crippen LogP contribution >= 0.6 is 23.2 Å². The van der Waals surface area contributed by atoms with Gasteiger partial charge in [-0.1, -0.05) is 57.0 Å². The van der Waals surface area contributed by atoms with Gasteiger partial charge < -0.3 is 5.32 Å². The molecule has 0 heterocycles. The molecule has 0 saturated carbocycles. The first-order valence-corrected chi connectivity index (χ1v) is 6.85. The third-order valence-electron chi connectivity index (χ3n) is 2.92. The monoisotopic (exact) mass is 287 g/mol. The number of carbonyl (C=O) groups excluding carboxylic acids is 1. The molecule has 1 amide bonds. The van der Waals surface area contributed by atoms with Crippen LogP contribution < -0.4 is 5.32 Å². The molecule has 0 atom stereocenters. The summed E-state index contributed by atoms with van der Waals surface area (Å²) in [5, 5.41) is 3.77. The van der Waals surface area contributed by atoms with Crippen LogP contribution in [0.25, 0.3) is 0 Å². The van der Waals surface area contributed by atoms with Crippen LogP contribution in [0.4, 0.5) is 0 Å². The molecule has 0 aliphatic heterocycles. The first-order chi connectivity index (χ1) is 8.34. The lowest BCUT2D eigenvalue weighted by atomic mass is 9.93. The molecule has 0 bridgehead atoms. The molecule has 1 N–H and O–H groups in total. The highest BCUT2D eigenvalue weighted by Gasteiger charge is 2.22. The summed E-state index contributed by atoms with van der Waals surface area (Å²) in [4.78, 5) is 12.2. The van der Waals surface area contributed by atoms with Gasteiger partial charge in [0.1, 0.15) is 0 Å². The molecule has 2 nitrogen and oxygen atoms in total. The maximum atomic E-state index is 12.2. The number of halogens is 2. The van der Waals surface area contributed by atoms with Crippen LogP contribution in [0.5, 0.6) is 0 Å². The number of rotatable bonds is 4. The van der Waals surface area contributed by atoms with Gasteiger partial charge in [-0.05, 0) is 24.0 Å². The van der Waals surface area contributed by atoms with E-state index in [9.17, 15) is 4.79 Å². The number of benzene rings is 1. The molecule has 0 radical (unpaired) electrons. The normalized spacial score (nSPS) is 11.4. The molecule has 18 heavy (non-hydrogen) atoms. The van der Waals surface area contributed by atoms with Gasteiger partial charge in [0.25, 0.3) is 5.91 Å². The lowest BCUT2D eigenvalue weighted by molar-refractivity contribution is 0.0911. The quantitative estimate of drug-likeness (QED) is 0.874. The number of hydrogen-bond acceptors (Lipinski definition) is 1. The third kappa shape index (κ3) is 3.63. The van der Waals surface area contributed by atoms with Crippen LogP contribution in [0.1, 0.15) is 38.1 Å². The molecule has 0 saturated heterocycles. The van der Waals surface area contributed by atoms with Gasteiger partial charge in [-0.25, -0.2) is 0 Å². The van der Waals surface area contributed by atoms with E-state index < -0.39 is 0 Å². The average molecular weight is 288 g/mol. The Morgan fingerprint density at radius 2 is 1.50 bits per heavy atom. The summed E-state index contributed by atoms with van der Waals surface area (Å²) in [7, 11) is 0. The first-order valence-electron chi connectivity index (χ1n) is 6.09. The Labute approximate surface area is 119 Å². The molecule has 0 spiro atoms. The molecular weight excluding hydrogens is 269 g/mol. The second kappa shape index (κ2) is 6.44. The minimum atomic E-state index is -0.210. The molecule has 0 fully saturated rings. The van der Waals surface area contributed by atoms with Gasteiger partial charge in [0.05, 0.1) is 15.6 Å². The number of nitrogens with one attached hydrogen (secondary N) is 1. The SMILES string of the molecule is CC(C)C(NC(=O)c1c(Cl)cccc1Cl)C(C)C. The standard InChI is InChI=1S/C14H19Cl2NO/c1-8(2)13(9(3)4)17-14(18)12-10(15)6-5-7-11(12)16/h5-9,13H,1-4H3,(H,17,18). The molecule has 4 heteroatoms. The second-order valence-electron chi connectivity index (χ2n) is 5.08. The summed E-state index contributed by atoms with van der Waals surface area (Å²) in [6, 6.07) is 5.17. The Hall–Kier alpha value is -0.730. The van der Waals surface area contributed by atoms with E-state index in [0.29, 0.717) is 27.4 Å².